The van der Waals surface area contributed by atoms with Gasteiger partial charge in [0.05, 0.1) is 13.2 Å². The van der Waals surface area contributed by atoms with E-state index < -0.39 is 17.9 Å². The molecule has 7 heteroatoms. The van der Waals surface area contributed by atoms with Gasteiger partial charge in [0.15, 0.2) is 0 Å². The number of carbonyl (C=O) groups is 1. The number of aliphatic carboxylic acids is 1. The van der Waals surface area contributed by atoms with E-state index in [0.717, 1.165) is 0 Å². The first-order valence-corrected chi connectivity index (χ1v) is 5.66. The molecule has 1 heterocycles. The van der Waals surface area contributed by atoms with Gasteiger partial charge in [-0.1, -0.05) is 0 Å². The Morgan fingerprint density at radius 2 is 2.13 bits per heavy atom. The zero-order chi connectivity index (χ0) is 10.6. The van der Waals surface area contributed by atoms with Crippen molar-refractivity contribution in [3.05, 3.63) is 0 Å². The molecule has 15 heavy (non-hydrogen) atoms. The minimum Gasteiger partial charge on any atom is -0.544 e. The molecule has 1 N–H and O–H groups in total. The summed E-state index contributed by atoms with van der Waals surface area (Å²) in [4.78, 5) is 10.8. The maximum absolute atomic E-state index is 10.8. The van der Waals surface area contributed by atoms with E-state index >= 15 is 0 Å². The maximum atomic E-state index is 10.8. The molecule has 0 bridgehead atoms. The molecule has 0 unspecified atom stereocenters. The van der Waals surface area contributed by atoms with Gasteiger partial charge in [-0.2, -0.15) is 11.8 Å². The van der Waals surface area contributed by atoms with Gasteiger partial charge in [-0.15, -0.1) is 0 Å². The van der Waals surface area contributed by atoms with Crippen LogP contribution in [0.5, 0.6) is 0 Å². The van der Waals surface area contributed by atoms with E-state index in [1.807, 2.05) is 6.26 Å². The normalized spacial score (nSPS) is 30.7. The summed E-state index contributed by atoms with van der Waals surface area (Å²) >= 11 is 1.50. The summed E-state index contributed by atoms with van der Waals surface area (Å²) in [6, 6.07) is 0. The summed E-state index contributed by atoms with van der Waals surface area (Å²) in [5.41, 5.74) is 0. The average molecular weight is 260 g/mol. The quantitative estimate of drug-likeness (QED) is 0.514. The van der Waals surface area contributed by atoms with Gasteiger partial charge >= 0.3 is 51.4 Å². The largest absolute Gasteiger partial charge is 1.00 e. The Morgan fingerprint density at radius 3 is 2.53 bits per heavy atom. The van der Waals surface area contributed by atoms with Crippen LogP contribution in [0.25, 0.3) is 0 Å². The molecule has 0 saturated carbocycles. The fraction of sp³-hybridized carbons (Fsp3) is 0.875. The first-order chi connectivity index (χ1) is 6.60. The Kier molecular flexibility index (Phi) is 8.30. The fourth-order valence-corrected chi connectivity index (χ4v) is 1.62. The average Bonchev–Trinajstić information content (AvgIpc) is 2.17. The van der Waals surface area contributed by atoms with Crippen LogP contribution < -0.4 is 56.5 Å². The van der Waals surface area contributed by atoms with Gasteiger partial charge in [-0.05, 0) is 12.0 Å². The molecule has 5 nitrogen and oxygen atoms in total. The third kappa shape index (κ3) is 4.61. The maximum Gasteiger partial charge on any atom is 1.00 e. The van der Waals surface area contributed by atoms with Crippen molar-refractivity contribution >= 4 is 17.7 Å². The minimum absolute atomic E-state index is 0. The molecule has 0 aromatic heterocycles. The van der Waals surface area contributed by atoms with E-state index in [4.69, 9.17) is 14.6 Å². The molecule has 0 amide bonds. The van der Waals surface area contributed by atoms with Crippen LogP contribution in [-0.4, -0.2) is 48.2 Å². The van der Waals surface area contributed by atoms with Crippen LogP contribution in [0.1, 0.15) is 6.42 Å². The Balaban J connectivity index is 0.00000196. The summed E-state index contributed by atoms with van der Waals surface area (Å²) in [6.07, 6.45) is 1.33. The summed E-state index contributed by atoms with van der Waals surface area (Å²) < 4.78 is 9.99. The fourth-order valence-electron chi connectivity index (χ4n) is 1.15. The van der Waals surface area contributed by atoms with Crippen LogP contribution in [0, 0.1) is 0 Å². The van der Waals surface area contributed by atoms with Gasteiger partial charge in [0, 0.05) is 6.42 Å². The Bertz CT molecular complexity index is 200. The van der Waals surface area contributed by atoms with Crippen molar-refractivity contribution in [2.24, 2.45) is 0 Å². The molecule has 82 valence electrons. The van der Waals surface area contributed by atoms with Crippen molar-refractivity contribution in [3.63, 3.8) is 0 Å². The predicted octanol–water partition coefficient (Wildman–Crippen LogP) is -4.40. The number of hydrogen-bond acceptors (Lipinski definition) is 6. The van der Waals surface area contributed by atoms with E-state index in [0.29, 0.717) is 5.75 Å². The molecule has 1 aliphatic rings. The first kappa shape index (κ1) is 16.3. The smallest absolute Gasteiger partial charge is 0.544 e. The third-order valence-electron chi connectivity index (χ3n) is 1.96. The summed E-state index contributed by atoms with van der Waals surface area (Å²) in [7, 11) is 0. The number of thioether (sulfide) groups is 1. The van der Waals surface area contributed by atoms with Gasteiger partial charge in [0.2, 0.25) is 5.79 Å². The molecule has 1 rings (SSSR count). The Hall–Kier alpha value is 1.34. The molecular formula is C8H13KO5S. The number of rotatable bonds is 4. The number of carboxylic acids is 1. The third-order valence-corrected chi connectivity index (χ3v) is 2.58. The van der Waals surface area contributed by atoms with Crippen LogP contribution in [-0.2, 0) is 14.3 Å². The van der Waals surface area contributed by atoms with Crippen molar-refractivity contribution in [1.82, 2.24) is 0 Å². The zero-order valence-corrected chi connectivity index (χ0v) is 12.8. The molecule has 0 spiro atoms. The van der Waals surface area contributed by atoms with E-state index in [2.05, 4.69) is 0 Å². The van der Waals surface area contributed by atoms with E-state index in [-0.39, 0.29) is 71.0 Å². The number of aliphatic hydroxyl groups excluding tert-OH is 1. The second-order valence-electron chi connectivity index (χ2n) is 3.06. The van der Waals surface area contributed by atoms with Crippen LogP contribution in [0.15, 0.2) is 0 Å². The molecule has 0 aromatic carbocycles. The minimum atomic E-state index is -1.66. The predicted molar refractivity (Wildman–Crippen MR) is 48.6 cm³/mol. The van der Waals surface area contributed by atoms with Gasteiger partial charge in [0.25, 0.3) is 0 Å². The van der Waals surface area contributed by atoms with Crippen LogP contribution in [0.2, 0.25) is 0 Å². The standard InChI is InChI=1S/C8H14O5S.K/c1-14-3-2-8(7(10)11)12-4-6(9)5-13-8;/h6,9H,2-5H2,1H3,(H,10,11);/q;+1/p-1. The van der Waals surface area contributed by atoms with Gasteiger partial charge in [-0.3, -0.25) is 0 Å². The van der Waals surface area contributed by atoms with Gasteiger partial charge in [-0.25, -0.2) is 0 Å². The molecule has 0 radical (unpaired) electrons. The first-order valence-electron chi connectivity index (χ1n) is 4.27. The summed E-state index contributed by atoms with van der Waals surface area (Å²) in [5.74, 6) is -2.44. The Morgan fingerprint density at radius 1 is 1.60 bits per heavy atom. The topological polar surface area (TPSA) is 78.8 Å². The molecule has 0 aliphatic carbocycles. The van der Waals surface area contributed by atoms with Gasteiger partial charge in [0.1, 0.15) is 12.1 Å². The monoisotopic (exact) mass is 260 g/mol. The zero-order valence-electron chi connectivity index (χ0n) is 8.89. The summed E-state index contributed by atoms with van der Waals surface area (Å²) in [5, 5.41) is 19.9. The van der Waals surface area contributed by atoms with Crippen molar-refractivity contribution in [2.75, 3.05) is 25.2 Å². The SMILES string of the molecule is CSCCC1(C(=O)[O-])OCC(O)CO1.[K+]. The molecule has 1 aliphatic heterocycles. The number of carbonyl (C=O) groups excluding carboxylic acids is 1. The van der Waals surface area contributed by atoms with E-state index in [1.54, 1.807) is 0 Å². The van der Waals surface area contributed by atoms with E-state index in [1.165, 1.54) is 11.8 Å². The molecule has 1 fully saturated rings. The second kappa shape index (κ2) is 7.62. The molecule has 0 atom stereocenters. The number of carboxylic acid groups (broad SMARTS) is 1. The van der Waals surface area contributed by atoms with Crippen molar-refractivity contribution in [3.8, 4) is 0 Å². The van der Waals surface area contributed by atoms with Crippen molar-refractivity contribution in [2.45, 2.75) is 18.3 Å². The van der Waals surface area contributed by atoms with Crippen LogP contribution in [0.3, 0.4) is 0 Å². The Labute approximate surface area is 135 Å². The molecule has 1 saturated heterocycles. The number of ether oxygens (including phenoxy) is 2. The van der Waals surface area contributed by atoms with Crippen LogP contribution in [0.4, 0.5) is 0 Å². The summed E-state index contributed by atoms with van der Waals surface area (Å²) in [6.45, 7) is -0.0509. The van der Waals surface area contributed by atoms with Gasteiger partial charge < -0.3 is 24.5 Å². The number of aliphatic hydroxyl groups is 1. The van der Waals surface area contributed by atoms with Crippen LogP contribution >= 0.6 is 11.8 Å². The van der Waals surface area contributed by atoms with Crippen molar-refractivity contribution < 1.29 is 75.9 Å². The second-order valence-corrected chi connectivity index (χ2v) is 4.04. The number of hydrogen-bond donors (Lipinski definition) is 1. The van der Waals surface area contributed by atoms with E-state index in [9.17, 15) is 9.90 Å². The van der Waals surface area contributed by atoms with Crippen molar-refractivity contribution in [1.29, 1.82) is 0 Å². The molecular weight excluding hydrogens is 247 g/mol. The molecule has 0 aromatic rings.